The normalized spacial score (nSPS) is 18.4. The number of rotatable bonds is 9. The van der Waals surface area contributed by atoms with Crippen molar-refractivity contribution in [1.29, 1.82) is 0 Å². The topological polar surface area (TPSA) is 81.7 Å². The van der Waals surface area contributed by atoms with Gasteiger partial charge in [0.1, 0.15) is 6.61 Å². The SMILES string of the molecule is CCOC(=O)[C@H]1C[C@@H]1C(=O)[C@H](Cc1ccccc1)NC(=O)OCc1ccccc1. The van der Waals surface area contributed by atoms with E-state index < -0.39 is 24.0 Å². The summed E-state index contributed by atoms with van der Waals surface area (Å²) in [6.07, 6.45) is 0.145. The quantitative estimate of drug-likeness (QED) is 0.659. The molecular weight excluding hydrogens is 370 g/mol. The maximum atomic E-state index is 13.0. The van der Waals surface area contributed by atoms with Gasteiger partial charge in [0.05, 0.1) is 18.6 Å². The van der Waals surface area contributed by atoms with Crippen molar-refractivity contribution in [3.63, 3.8) is 0 Å². The standard InChI is InChI=1S/C23H25NO5/c1-2-28-22(26)19-14-18(19)21(25)20(13-16-9-5-3-6-10-16)24-23(27)29-15-17-11-7-4-8-12-17/h3-12,18-20H,2,13-15H2,1H3,(H,24,27)/t18-,19-,20-/m0/s1. The highest BCUT2D eigenvalue weighted by Crippen LogP contribution is 2.41. The van der Waals surface area contributed by atoms with Crippen LogP contribution in [0.15, 0.2) is 60.7 Å². The van der Waals surface area contributed by atoms with Gasteiger partial charge in [0, 0.05) is 5.92 Å². The first-order valence-corrected chi connectivity index (χ1v) is 9.80. The van der Waals surface area contributed by atoms with Crippen LogP contribution in [-0.4, -0.2) is 30.5 Å². The van der Waals surface area contributed by atoms with Crippen molar-refractivity contribution in [3.05, 3.63) is 71.8 Å². The van der Waals surface area contributed by atoms with Crippen molar-refractivity contribution in [2.75, 3.05) is 6.61 Å². The Morgan fingerprint density at radius 3 is 2.17 bits per heavy atom. The van der Waals surface area contributed by atoms with Crippen LogP contribution >= 0.6 is 0 Å². The average Bonchev–Trinajstić information content (AvgIpc) is 3.54. The minimum absolute atomic E-state index is 0.119. The number of hydrogen-bond acceptors (Lipinski definition) is 5. The number of Topliss-reactive ketones (excluding diaryl/α,β-unsaturated/α-hetero) is 1. The lowest BCUT2D eigenvalue weighted by molar-refractivity contribution is -0.146. The summed E-state index contributed by atoms with van der Waals surface area (Å²) in [5.41, 5.74) is 1.78. The summed E-state index contributed by atoms with van der Waals surface area (Å²) in [5, 5.41) is 2.69. The van der Waals surface area contributed by atoms with Gasteiger partial charge in [-0.15, -0.1) is 0 Å². The van der Waals surface area contributed by atoms with Crippen LogP contribution in [-0.2, 0) is 32.1 Å². The van der Waals surface area contributed by atoms with Crippen LogP contribution in [0.3, 0.4) is 0 Å². The Bertz CT molecular complexity index is 837. The van der Waals surface area contributed by atoms with Gasteiger partial charge in [0.15, 0.2) is 5.78 Å². The van der Waals surface area contributed by atoms with E-state index in [0.29, 0.717) is 12.8 Å². The fourth-order valence-corrected chi connectivity index (χ4v) is 3.26. The van der Waals surface area contributed by atoms with Crippen molar-refractivity contribution in [1.82, 2.24) is 5.32 Å². The molecule has 1 fully saturated rings. The second kappa shape index (κ2) is 9.87. The molecule has 2 aromatic rings. The summed E-state index contributed by atoms with van der Waals surface area (Å²) in [4.78, 5) is 37.2. The number of carbonyl (C=O) groups excluding carboxylic acids is 3. The third-order valence-corrected chi connectivity index (χ3v) is 4.88. The summed E-state index contributed by atoms with van der Waals surface area (Å²) in [5.74, 6) is -1.35. The number of esters is 1. The Morgan fingerprint density at radius 2 is 1.55 bits per heavy atom. The highest BCUT2D eigenvalue weighted by Gasteiger charge is 2.50. The van der Waals surface area contributed by atoms with Gasteiger partial charge in [-0.1, -0.05) is 60.7 Å². The third-order valence-electron chi connectivity index (χ3n) is 4.88. The van der Waals surface area contributed by atoms with Gasteiger partial charge >= 0.3 is 12.1 Å². The molecule has 1 aliphatic carbocycles. The van der Waals surface area contributed by atoms with Gasteiger partial charge in [-0.25, -0.2) is 4.79 Å². The molecule has 0 spiro atoms. The molecule has 1 amide bonds. The van der Waals surface area contributed by atoms with Crippen LogP contribution in [0.5, 0.6) is 0 Å². The smallest absolute Gasteiger partial charge is 0.408 e. The van der Waals surface area contributed by atoms with E-state index >= 15 is 0 Å². The van der Waals surface area contributed by atoms with E-state index in [1.54, 1.807) is 6.92 Å². The number of hydrogen-bond donors (Lipinski definition) is 1. The molecule has 3 rings (SSSR count). The summed E-state index contributed by atoms with van der Waals surface area (Å²) in [7, 11) is 0. The largest absolute Gasteiger partial charge is 0.466 e. The Labute approximate surface area is 170 Å². The van der Waals surface area contributed by atoms with E-state index in [0.717, 1.165) is 11.1 Å². The first-order valence-electron chi connectivity index (χ1n) is 9.80. The molecule has 6 heteroatoms. The molecule has 2 aromatic carbocycles. The van der Waals surface area contributed by atoms with E-state index in [-0.39, 0.29) is 25.0 Å². The maximum absolute atomic E-state index is 13.0. The van der Waals surface area contributed by atoms with Crippen LogP contribution in [0, 0.1) is 11.8 Å². The minimum Gasteiger partial charge on any atom is -0.466 e. The number of alkyl carbamates (subject to hydrolysis) is 1. The first-order chi connectivity index (χ1) is 14.1. The molecule has 0 aromatic heterocycles. The summed E-state index contributed by atoms with van der Waals surface area (Å²) >= 11 is 0. The molecule has 6 nitrogen and oxygen atoms in total. The predicted molar refractivity (Wildman–Crippen MR) is 107 cm³/mol. The lowest BCUT2D eigenvalue weighted by Crippen LogP contribution is -2.43. The van der Waals surface area contributed by atoms with Crippen molar-refractivity contribution < 1.29 is 23.9 Å². The Hall–Kier alpha value is -3.15. The molecule has 0 unspecified atom stereocenters. The molecule has 0 heterocycles. The Morgan fingerprint density at radius 1 is 0.931 bits per heavy atom. The van der Waals surface area contributed by atoms with E-state index in [4.69, 9.17) is 9.47 Å². The van der Waals surface area contributed by atoms with Gasteiger partial charge in [0.25, 0.3) is 0 Å². The minimum atomic E-state index is -0.759. The fraction of sp³-hybridized carbons (Fsp3) is 0.348. The molecule has 0 saturated heterocycles. The fourth-order valence-electron chi connectivity index (χ4n) is 3.26. The summed E-state index contributed by atoms with van der Waals surface area (Å²) in [6, 6.07) is 18.0. The van der Waals surface area contributed by atoms with Crippen molar-refractivity contribution in [2.24, 2.45) is 11.8 Å². The third kappa shape index (κ3) is 5.91. The lowest BCUT2D eigenvalue weighted by Gasteiger charge is -2.18. The Balaban J connectivity index is 1.62. The molecule has 152 valence electrons. The number of ketones is 1. The van der Waals surface area contributed by atoms with Crippen molar-refractivity contribution in [3.8, 4) is 0 Å². The highest BCUT2D eigenvalue weighted by atomic mass is 16.5. The number of carbonyl (C=O) groups is 3. The van der Waals surface area contributed by atoms with E-state index in [2.05, 4.69) is 5.32 Å². The second-order valence-corrected chi connectivity index (χ2v) is 7.05. The van der Waals surface area contributed by atoms with Crippen LogP contribution in [0.2, 0.25) is 0 Å². The zero-order valence-corrected chi connectivity index (χ0v) is 16.4. The second-order valence-electron chi connectivity index (χ2n) is 7.05. The van der Waals surface area contributed by atoms with E-state index in [1.165, 1.54) is 0 Å². The van der Waals surface area contributed by atoms with Crippen LogP contribution < -0.4 is 5.32 Å². The predicted octanol–water partition coefficient (Wildman–Crippen LogP) is 3.29. The lowest BCUT2D eigenvalue weighted by atomic mass is 9.99. The van der Waals surface area contributed by atoms with E-state index in [9.17, 15) is 14.4 Å². The molecule has 29 heavy (non-hydrogen) atoms. The zero-order chi connectivity index (χ0) is 20.6. The molecule has 3 atom stereocenters. The van der Waals surface area contributed by atoms with E-state index in [1.807, 2.05) is 60.7 Å². The summed E-state index contributed by atoms with van der Waals surface area (Å²) < 4.78 is 10.3. The monoisotopic (exact) mass is 395 g/mol. The van der Waals surface area contributed by atoms with Gasteiger partial charge in [0.2, 0.25) is 0 Å². The van der Waals surface area contributed by atoms with Gasteiger partial charge in [-0.2, -0.15) is 0 Å². The number of benzene rings is 2. The van der Waals surface area contributed by atoms with Crippen LogP contribution in [0.1, 0.15) is 24.5 Å². The number of amides is 1. The van der Waals surface area contributed by atoms with Crippen molar-refractivity contribution >= 4 is 17.8 Å². The molecule has 1 saturated carbocycles. The molecule has 1 N–H and O–H groups in total. The van der Waals surface area contributed by atoms with Gasteiger partial charge < -0.3 is 14.8 Å². The average molecular weight is 395 g/mol. The summed E-state index contributed by atoms with van der Waals surface area (Å²) in [6.45, 7) is 2.14. The Kier molecular flexibility index (Phi) is 7.00. The maximum Gasteiger partial charge on any atom is 0.408 e. The van der Waals surface area contributed by atoms with Gasteiger partial charge in [-0.05, 0) is 30.9 Å². The molecule has 0 aliphatic heterocycles. The van der Waals surface area contributed by atoms with Crippen molar-refractivity contribution in [2.45, 2.75) is 32.4 Å². The highest BCUT2D eigenvalue weighted by molar-refractivity contribution is 5.96. The molecule has 0 bridgehead atoms. The number of ether oxygens (including phenoxy) is 2. The number of nitrogens with one attached hydrogen (secondary N) is 1. The van der Waals surface area contributed by atoms with Crippen LogP contribution in [0.4, 0.5) is 4.79 Å². The molecular formula is C23H25NO5. The zero-order valence-electron chi connectivity index (χ0n) is 16.4. The van der Waals surface area contributed by atoms with Crippen LogP contribution in [0.25, 0.3) is 0 Å². The molecule has 1 aliphatic rings. The first kappa shape index (κ1) is 20.6. The van der Waals surface area contributed by atoms with Gasteiger partial charge in [-0.3, -0.25) is 9.59 Å². The molecule has 0 radical (unpaired) electrons.